The van der Waals surface area contributed by atoms with Crippen LogP contribution in [0.2, 0.25) is 0 Å². The van der Waals surface area contributed by atoms with Crippen LogP contribution in [0.25, 0.3) is 4.85 Å². The normalized spacial score (nSPS) is 16.8. The number of nitrogens with zero attached hydrogens (tertiary/aromatic N) is 5. The van der Waals surface area contributed by atoms with Crippen molar-refractivity contribution in [3.8, 4) is 6.07 Å². The summed E-state index contributed by atoms with van der Waals surface area (Å²) in [6.07, 6.45) is -8.04. The molecular formula is C30H20F6N6OS2. The Hall–Kier alpha value is -4.57. The smallest absolute Gasteiger partial charge is 0.392 e. The predicted octanol–water partition coefficient (Wildman–Crippen LogP) is 7.97. The van der Waals surface area contributed by atoms with Gasteiger partial charge in [0, 0.05) is 17.1 Å². The molecule has 1 saturated carbocycles. The van der Waals surface area contributed by atoms with E-state index in [1.54, 1.807) is 29.2 Å². The molecule has 0 amide bonds. The van der Waals surface area contributed by atoms with Gasteiger partial charge >= 0.3 is 12.4 Å². The van der Waals surface area contributed by atoms with E-state index in [0.717, 1.165) is 24.3 Å². The van der Waals surface area contributed by atoms with E-state index in [9.17, 15) is 31.4 Å². The van der Waals surface area contributed by atoms with Gasteiger partial charge in [0.1, 0.15) is 11.4 Å². The zero-order valence-electron chi connectivity index (χ0n) is 22.9. The molecule has 7 nitrogen and oxygen atoms in total. The summed E-state index contributed by atoms with van der Waals surface area (Å²) in [5.41, 5.74) is -3.48. The molecule has 0 bridgehead atoms. The molecule has 1 spiro atoms. The first kappa shape index (κ1) is 31.8. The standard InChI is InChI=1S/C30H20F6N6OS2/c1-38-24-10-9-21(14-23(24)30(34,35)36)41-25(40-26(44)39-19-6-5-18(15-37)22(13-19)29(31,32)33)28(11-2-12-28)42(27(41)45)20-7-3-17(16-43)4-8-20/h3-10,13-14,43H,2,11-12,16H2,(H,39,44)/b40-25+. The van der Waals surface area contributed by atoms with Crippen molar-refractivity contribution in [3.05, 3.63) is 94.3 Å². The van der Waals surface area contributed by atoms with E-state index in [1.165, 1.54) is 23.1 Å². The summed E-state index contributed by atoms with van der Waals surface area (Å²) in [5, 5.41) is 21.0. The molecule has 1 aliphatic heterocycles. The molecule has 1 aliphatic carbocycles. The number of thiocarbonyl (C=S) groups is 2. The molecule has 0 aromatic heterocycles. The number of hydrogen-bond acceptors (Lipinski definition) is 4. The van der Waals surface area contributed by atoms with Crippen LogP contribution in [0.1, 0.15) is 41.5 Å². The lowest BCUT2D eigenvalue weighted by molar-refractivity contribution is -0.138. The number of rotatable bonds is 4. The van der Waals surface area contributed by atoms with Crippen molar-refractivity contribution in [1.82, 2.24) is 0 Å². The number of amidine groups is 1. The molecule has 0 atom stereocenters. The average molecular weight is 659 g/mol. The van der Waals surface area contributed by atoms with Crippen molar-refractivity contribution >= 4 is 63.2 Å². The number of halogens is 6. The molecule has 2 fully saturated rings. The maximum absolute atomic E-state index is 14.0. The molecule has 230 valence electrons. The monoisotopic (exact) mass is 658 g/mol. The highest BCUT2D eigenvalue weighted by Gasteiger charge is 2.58. The van der Waals surface area contributed by atoms with Gasteiger partial charge < -0.3 is 15.3 Å². The Labute approximate surface area is 263 Å². The second-order valence-corrected chi connectivity index (χ2v) is 11.0. The first-order valence-electron chi connectivity index (χ1n) is 13.2. The van der Waals surface area contributed by atoms with E-state index in [0.29, 0.717) is 30.5 Å². The largest absolute Gasteiger partial charge is 0.417 e. The number of benzene rings is 3. The number of anilines is 3. The number of nitrogens with one attached hydrogen (secondary N) is 1. The maximum atomic E-state index is 14.0. The first-order valence-corrected chi connectivity index (χ1v) is 14.0. The van der Waals surface area contributed by atoms with E-state index < -0.39 is 40.3 Å². The molecule has 3 aromatic carbocycles. The first-order chi connectivity index (χ1) is 21.2. The Morgan fingerprint density at radius 3 is 2.18 bits per heavy atom. The van der Waals surface area contributed by atoms with Crippen LogP contribution in [-0.2, 0) is 19.0 Å². The van der Waals surface area contributed by atoms with Crippen molar-refractivity contribution in [2.24, 2.45) is 4.99 Å². The number of aliphatic hydroxyl groups is 1. The van der Waals surface area contributed by atoms with Crippen LogP contribution in [-0.4, -0.2) is 26.7 Å². The molecule has 1 saturated heterocycles. The van der Waals surface area contributed by atoms with Crippen molar-refractivity contribution in [2.45, 2.75) is 43.8 Å². The highest BCUT2D eigenvalue weighted by atomic mass is 32.1. The lowest BCUT2D eigenvalue weighted by Crippen LogP contribution is -2.55. The molecule has 2 aliphatic rings. The van der Waals surface area contributed by atoms with Crippen molar-refractivity contribution in [2.75, 3.05) is 15.1 Å². The number of nitriles is 1. The number of alkyl halides is 6. The summed E-state index contributed by atoms with van der Waals surface area (Å²) in [5.74, 6) is 0.149. The van der Waals surface area contributed by atoms with Crippen molar-refractivity contribution in [3.63, 3.8) is 0 Å². The van der Waals surface area contributed by atoms with Gasteiger partial charge in [0.05, 0.1) is 35.9 Å². The van der Waals surface area contributed by atoms with Gasteiger partial charge in [0.2, 0.25) is 0 Å². The third-order valence-corrected chi connectivity index (χ3v) is 8.12. The zero-order chi connectivity index (χ0) is 32.7. The van der Waals surface area contributed by atoms with Crippen molar-refractivity contribution < 1.29 is 31.4 Å². The average Bonchev–Trinajstić information content (AvgIpc) is 3.23. The van der Waals surface area contributed by atoms with Gasteiger partial charge in [-0.25, -0.2) is 9.84 Å². The number of aliphatic imine (C=N–C) groups is 1. The molecule has 3 aromatic rings. The summed E-state index contributed by atoms with van der Waals surface area (Å²) in [4.78, 5) is 10.6. The molecule has 2 N–H and O–H groups in total. The fourth-order valence-electron chi connectivity index (χ4n) is 5.32. The van der Waals surface area contributed by atoms with Gasteiger partial charge in [-0.15, -0.1) is 0 Å². The number of aliphatic hydroxyl groups excluding tert-OH is 1. The summed E-state index contributed by atoms with van der Waals surface area (Å²) in [7, 11) is 0. The van der Waals surface area contributed by atoms with Crippen LogP contribution in [0, 0.1) is 17.9 Å². The van der Waals surface area contributed by atoms with Crippen LogP contribution in [0.15, 0.2) is 65.7 Å². The second-order valence-electron chi connectivity index (χ2n) is 10.2. The molecule has 15 heteroatoms. The van der Waals surface area contributed by atoms with Gasteiger partial charge in [-0.3, -0.25) is 4.90 Å². The fourth-order valence-corrected chi connectivity index (χ4v) is 6.00. The van der Waals surface area contributed by atoms with Gasteiger partial charge in [-0.1, -0.05) is 18.2 Å². The van der Waals surface area contributed by atoms with Gasteiger partial charge in [0.15, 0.2) is 15.9 Å². The summed E-state index contributed by atoms with van der Waals surface area (Å²) in [6, 6.07) is 14.3. The zero-order valence-corrected chi connectivity index (χ0v) is 24.5. The summed E-state index contributed by atoms with van der Waals surface area (Å²) in [6.45, 7) is 6.99. The van der Waals surface area contributed by atoms with E-state index in [-0.39, 0.29) is 34.0 Å². The highest BCUT2D eigenvalue weighted by molar-refractivity contribution is 7.81. The third kappa shape index (κ3) is 5.82. The quantitative estimate of drug-likeness (QED) is 0.167. The van der Waals surface area contributed by atoms with Gasteiger partial charge in [0.25, 0.3) is 0 Å². The van der Waals surface area contributed by atoms with Crippen LogP contribution >= 0.6 is 24.4 Å². The van der Waals surface area contributed by atoms with E-state index in [1.807, 2.05) is 0 Å². The third-order valence-electron chi connectivity index (χ3n) is 7.56. The second kappa shape index (κ2) is 11.7. The summed E-state index contributed by atoms with van der Waals surface area (Å²) >= 11 is 11.3. The molecule has 45 heavy (non-hydrogen) atoms. The van der Waals surface area contributed by atoms with E-state index in [4.69, 9.17) is 36.3 Å². The Kier molecular flexibility index (Phi) is 8.31. The minimum absolute atomic E-state index is 0.0419. The SMILES string of the molecule is [C-]#[N+]c1ccc(N2C(=S)N(c3ccc(CO)cc3)C3(CCC3)/C2=N\C(=S)Nc2ccc(C#N)c(C(F)(F)F)c2)cc1C(F)(F)F. The predicted molar refractivity (Wildman–Crippen MR) is 164 cm³/mol. The Morgan fingerprint density at radius 1 is 1.00 bits per heavy atom. The van der Waals surface area contributed by atoms with Crippen LogP contribution < -0.4 is 15.1 Å². The van der Waals surface area contributed by atoms with Gasteiger partial charge in [-0.05, 0) is 91.7 Å². The molecule has 1 heterocycles. The molecule has 0 radical (unpaired) electrons. The van der Waals surface area contributed by atoms with Crippen LogP contribution in [0.3, 0.4) is 0 Å². The molecular weight excluding hydrogens is 638 g/mol. The molecule has 0 unspecified atom stereocenters. The number of hydrogen-bond donors (Lipinski definition) is 2. The summed E-state index contributed by atoms with van der Waals surface area (Å²) < 4.78 is 82.6. The molecule has 5 rings (SSSR count). The lowest BCUT2D eigenvalue weighted by Gasteiger charge is -2.44. The van der Waals surface area contributed by atoms with E-state index >= 15 is 0 Å². The Bertz CT molecular complexity index is 1800. The maximum Gasteiger partial charge on any atom is 0.417 e. The van der Waals surface area contributed by atoms with Gasteiger partial charge in [-0.2, -0.15) is 31.6 Å². The minimum atomic E-state index is -4.86. The van der Waals surface area contributed by atoms with Crippen LogP contribution in [0.4, 0.5) is 49.1 Å². The fraction of sp³-hybridized carbons (Fsp3) is 0.233. The highest BCUT2D eigenvalue weighted by Crippen LogP contribution is 2.49. The lowest BCUT2D eigenvalue weighted by atomic mass is 9.74. The van der Waals surface area contributed by atoms with Crippen molar-refractivity contribution in [1.29, 1.82) is 5.26 Å². The minimum Gasteiger partial charge on any atom is -0.392 e. The Morgan fingerprint density at radius 2 is 1.64 bits per heavy atom. The Balaban J connectivity index is 1.64. The van der Waals surface area contributed by atoms with E-state index in [2.05, 4.69) is 15.2 Å². The topological polar surface area (TPSA) is 79.2 Å². The van der Waals surface area contributed by atoms with Crippen LogP contribution in [0.5, 0.6) is 0 Å².